The number of halogens is 3. The van der Waals surface area contributed by atoms with Crippen LogP contribution in [0.5, 0.6) is 0 Å². The third kappa shape index (κ3) is 2.67. The molecule has 0 heterocycles. The molecule has 1 aliphatic carbocycles. The monoisotopic (exact) mass is 319 g/mol. The molecule has 0 aliphatic heterocycles. The fourth-order valence-corrected chi connectivity index (χ4v) is 3.20. The number of hydrogen-bond acceptors (Lipinski definition) is 1. The molecule has 1 fully saturated rings. The molecule has 0 radical (unpaired) electrons. The van der Waals surface area contributed by atoms with Gasteiger partial charge in [-0.25, -0.2) is 4.39 Å². The van der Waals surface area contributed by atoms with Crippen molar-refractivity contribution in [2.45, 2.75) is 31.6 Å². The Kier molecular flexibility index (Phi) is 4.45. The molecule has 1 aromatic carbocycles. The maximum atomic E-state index is 14.2. The van der Waals surface area contributed by atoms with Crippen molar-refractivity contribution in [3.8, 4) is 0 Å². The highest BCUT2D eigenvalue weighted by Gasteiger charge is 2.28. The van der Waals surface area contributed by atoms with Crippen LogP contribution in [-0.2, 0) is 0 Å². The Morgan fingerprint density at radius 1 is 1.35 bits per heavy atom. The predicted octanol–water partition coefficient (Wildman–Crippen LogP) is 4.47. The maximum absolute atomic E-state index is 14.2. The number of rotatable bonds is 2. The van der Waals surface area contributed by atoms with E-state index >= 15 is 0 Å². The summed E-state index contributed by atoms with van der Waals surface area (Å²) < 4.78 is 14.8. The lowest BCUT2D eigenvalue weighted by atomic mass is 9.75. The first-order chi connectivity index (χ1) is 8.15. The Bertz CT molecular complexity index is 411. The van der Waals surface area contributed by atoms with Gasteiger partial charge in [0, 0.05) is 4.47 Å². The van der Waals surface area contributed by atoms with Gasteiger partial charge >= 0.3 is 0 Å². The van der Waals surface area contributed by atoms with E-state index in [0.29, 0.717) is 16.9 Å². The molecule has 2 unspecified atom stereocenters. The molecule has 1 saturated carbocycles. The van der Waals surface area contributed by atoms with E-state index in [0.717, 1.165) is 24.8 Å². The van der Waals surface area contributed by atoms with Crippen molar-refractivity contribution in [3.63, 3.8) is 0 Å². The zero-order chi connectivity index (χ0) is 12.4. The Hall–Kier alpha value is -0.120. The van der Waals surface area contributed by atoms with Gasteiger partial charge in [0.2, 0.25) is 0 Å². The minimum Gasteiger partial charge on any atom is -0.330 e. The lowest BCUT2D eigenvalue weighted by molar-refractivity contribution is 0.308. The van der Waals surface area contributed by atoms with Crippen LogP contribution < -0.4 is 5.73 Å². The van der Waals surface area contributed by atoms with Crippen LogP contribution in [0.3, 0.4) is 0 Å². The molecular weight excluding hydrogens is 305 g/mol. The Balaban J connectivity index is 2.35. The van der Waals surface area contributed by atoms with Gasteiger partial charge in [-0.15, -0.1) is 0 Å². The molecule has 2 N–H and O–H groups in total. The maximum Gasteiger partial charge on any atom is 0.146 e. The molecule has 1 aliphatic rings. The van der Waals surface area contributed by atoms with Gasteiger partial charge < -0.3 is 5.73 Å². The van der Waals surface area contributed by atoms with Crippen LogP contribution in [0, 0.1) is 11.7 Å². The molecule has 2 rings (SSSR count). The molecule has 1 aromatic rings. The third-order valence-electron chi connectivity index (χ3n) is 3.68. The van der Waals surface area contributed by atoms with E-state index in [9.17, 15) is 4.39 Å². The van der Waals surface area contributed by atoms with E-state index in [-0.39, 0.29) is 16.8 Å². The van der Waals surface area contributed by atoms with Crippen molar-refractivity contribution in [1.82, 2.24) is 0 Å². The minimum absolute atomic E-state index is 0.184. The van der Waals surface area contributed by atoms with Crippen LogP contribution in [-0.4, -0.2) is 6.54 Å². The molecule has 0 aromatic heterocycles. The summed E-state index contributed by atoms with van der Waals surface area (Å²) in [7, 11) is 0. The minimum atomic E-state index is -0.286. The lowest BCUT2D eigenvalue weighted by Gasteiger charge is -2.31. The molecule has 4 heteroatoms. The van der Waals surface area contributed by atoms with Crippen LogP contribution in [0.2, 0.25) is 5.02 Å². The van der Waals surface area contributed by atoms with E-state index in [1.165, 1.54) is 6.42 Å². The average molecular weight is 321 g/mol. The fraction of sp³-hybridized carbons (Fsp3) is 0.538. The van der Waals surface area contributed by atoms with Crippen molar-refractivity contribution in [1.29, 1.82) is 0 Å². The summed E-state index contributed by atoms with van der Waals surface area (Å²) in [6.07, 6.45) is 4.45. The second-order valence-electron chi connectivity index (χ2n) is 4.65. The van der Waals surface area contributed by atoms with Crippen molar-refractivity contribution < 1.29 is 4.39 Å². The van der Waals surface area contributed by atoms with Crippen molar-refractivity contribution >= 4 is 27.5 Å². The molecule has 0 spiro atoms. The predicted molar refractivity (Wildman–Crippen MR) is 72.9 cm³/mol. The third-order valence-corrected chi connectivity index (χ3v) is 4.93. The van der Waals surface area contributed by atoms with Crippen molar-refractivity contribution in [2.24, 2.45) is 11.7 Å². The highest BCUT2D eigenvalue weighted by atomic mass is 79.9. The SMILES string of the molecule is NCC1CCCCC1c1ccc(Br)c(Cl)c1F. The Morgan fingerprint density at radius 3 is 2.76 bits per heavy atom. The van der Waals surface area contributed by atoms with Gasteiger partial charge in [-0.05, 0) is 58.8 Å². The van der Waals surface area contributed by atoms with Crippen molar-refractivity contribution in [3.05, 3.63) is 33.0 Å². The molecule has 0 saturated heterocycles. The molecule has 1 nitrogen and oxygen atoms in total. The molecule has 2 atom stereocenters. The summed E-state index contributed by atoms with van der Waals surface area (Å²) in [5, 5.41) is 0.184. The quantitative estimate of drug-likeness (QED) is 0.799. The number of benzene rings is 1. The summed E-state index contributed by atoms with van der Waals surface area (Å²) in [4.78, 5) is 0. The molecular formula is C13H16BrClFN. The van der Waals surface area contributed by atoms with Gasteiger partial charge in [-0.2, -0.15) is 0 Å². The van der Waals surface area contributed by atoms with E-state index in [4.69, 9.17) is 17.3 Å². The zero-order valence-electron chi connectivity index (χ0n) is 9.56. The van der Waals surface area contributed by atoms with Gasteiger partial charge in [0.25, 0.3) is 0 Å². The zero-order valence-corrected chi connectivity index (χ0v) is 11.9. The summed E-state index contributed by atoms with van der Waals surface area (Å²) >= 11 is 9.18. The van der Waals surface area contributed by atoms with Crippen molar-refractivity contribution in [2.75, 3.05) is 6.54 Å². The molecule has 0 amide bonds. The van der Waals surface area contributed by atoms with Crippen LogP contribution in [0.4, 0.5) is 4.39 Å². The van der Waals surface area contributed by atoms with Crippen LogP contribution in [0.1, 0.15) is 37.2 Å². The first kappa shape index (κ1) is 13.3. The summed E-state index contributed by atoms with van der Waals surface area (Å²) in [5.41, 5.74) is 6.51. The molecule has 0 bridgehead atoms. The average Bonchev–Trinajstić information content (AvgIpc) is 2.36. The van der Waals surface area contributed by atoms with E-state index in [1.54, 1.807) is 0 Å². The summed E-state index contributed by atoms with van der Waals surface area (Å²) in [6, 6.07) is 3.66. The second-order valence-corrected chi connectivity index (χ2v) is 5.88. The molecule has 17 heavy (non-hydrogen) atoms. The van der Waals surface area contributed by atoms with E-state index in [1.807, 2.05) is 12.1 Å². The van der Waals surface area contributed by atoms with Gasteiger partial charge in [0.1, 0.15) is 5.82 Å². The highest BCUT2D eigenvalue weighted by Crippen LogP contribution is 2.40. The van der Waals surface area contributed by atoms with Gasteiger partial charge in [0.15, 0.2) is 0 Å². The first-order valence-electron chi connectivity index (χ1n) is 5.98. The largest absolute Gasteiger partial charge is 0.330 e. The van der Waals surface area contributed by atoms with E-state index < -0.39 is 0 Å². The van der Waals surface area contributed by atoms with Gasteiger partial charge in [-0.3, -0.25) is 0 Å². The highest BCUT2D eigenvalue weighted by molar-refractivity contribution is 9.10. The number of nitrogens with two attached hydrogens (primary N) is 1. The van der Waals surface area contributed by atoms with Crippen LogP contribution in [0.15, 0.2) is 16.6 Å². The van der Waals surface area contributed by atoms with Crippen LogP contribution >= 0.6 is 27.5 Å². The Morgan fingerprint density at radius 2 is 2.06 bits per heavy atom. The summed E-state index contributed by atoms with van der Waals surface area (Å²) in [6.45, 7) is 0.623. The first-order valence-corrected chi connectivity index (χ1v) is 7.15. The fourth-order valence-electron chi connectivity index (χ4n) is 2.73. The second kappa shape index (κ2) is 5.68. The van der Waals surface area contributed by atoms with Crippen LogP contribution in [0.25, 0.3) is 0 Å². The smallest absolute Gasteiger partial charge is 0.146 e. The van der Waals surface area contributed by atoms with Gasteiger partial charge in [-0.1, -0.05) is 30.5 Å². The number of hydrogen-bond donors (Lipinski definition) is 1. The molecule has 94 valence electrons. The van der Waals surface area contributed by atoms with Gasteiger partial charge in [0.05, 0.1) is 5.02 Å². The van der Waals surface area contributed by atoms with E-state index in [2.05, 4.69) is 15.9 Å². The lowest BCUT2D eigenvalue weighted by Crippen LogP contribution is -2.26. The normalized spacial score (nSPS) is 24.9. The summed E-state index contributed by atoms with van der Waals surface area (Å²) in [5.74, 6) is 0.321. The Labute approximate surface area is 115 Å². The topological polar surface area (TPSA) is 26.0 Å². The standard InChI is InChI=1S/C13H16BrClFN/c14-11-6-5-10(13(16)12(11)15)9-4-2-1-3-8(9)7-17/h5-6,8-9H,1-4,7,17H2.